The van der Waals surface area contributed by atoms with E-state index < -0.39 is 0 Å². The van der Waals surface area contributed by atoms with Gasteiger partial charge in [-0.15, -0.1) is 11.3 Å². The molecule has 0 radical (unpaired) electrons. The van der Waals surface area contributed by atoms with E-state index in [0.29, 0.717) is 13.0 Å². The number of hydrogen-bond donors (Lipinski definition) is 0. The van der Waals surface area contributed by atoms with Gasteiger partial charge in [-0.05, 0) is 18.6 Å². The molecule has 3 rings (SSSR count). The molecule has 0 saturated carbocycles. The topological polar surface area (TPSA) is 66.4 Å². The molecule has 7 heteroatoms. The summed E-state index contributed by atoms with van der Waals surface area (Å²) in [5.41, 5.74) is 1.58. The largest absolute Gasteiger partial charge is 0.344 e. The molecule has 24 heavy (non-hydrogen) atoms. The molecule has 0 spiro atoms. The lowest BCUT2D eigenvalue weighted by atomic mass is 10.0. The normalized spacial score (nSPS) is 17.8. The summed E-state index contributed by atoms with van der Waals surface area (Å²) in [7, 11) is 3.59. The Labute approximate surface area is 145 Å². The van der Waals surface area contributed by atoms with Crippen LogP contribution in [0.5, 0.6) is 0 Å². The monoisotopic (exact) mass is 344 g/mol. The summed E-state index contributed by atoms with van der Waals surface area (Å²) in [5.74, 6) is 0.173. The molecule has 0 N–H and O–H groups in total. The molecule has 3 heterocycles. The van der Waals surface area contributed by atoms with Gasteiger partial charge in [0.05, 0.1) is 17.8 Å². The molecule has 0 aromatic carbocycles. The summed E-state index contributed by atoms with van der Waals surface area (Å²) in [5, 5.41) is 2.73. The van der Waals surface area contributed by atoms with Crippen LogP contribution >= 0.6 is 11.3 Å². The van der Waals surface area contributed by atoms with Crippen LogP contribution in [-0.4, -0.2) is 58.3 Å². The maximum absolute atomic E-state index is 12.5. The van der Waals surface area contributed by atoms with Crippen molar-refractivity contribution in [2.45, 2.75) is 25.3 Å². The van der Waals surface area contributed by atoms with Gasteiger partial charge in [0.25, 0.3) is 0 Å². The molecular weight excluding hydrogens is 324 g/mol. The summed E-state index contributed by atoms with van der Waals surface area (Å²) in [6.45, 7) is 0.595. The minimum Gasteiger partial charge on any atom is -0.344 e. The highest BCUT2D eigenvalue weighted by Crippen LogP contribution is 2.22. The van der Waals surface area contributed by atoms with Gasteiger partial charge in [0, 0.05) is 44.7 Å². The molecule has 1 saturated heterocycles. The molecule has 6 nitrogen and oxygen atoms in total. The van der Waals surface area contributed by atoms with Crippen molar-refractivity contribution in [1.29, 1.82) is 0 Å². The zero-order valence-corrected chi connectivity index (χ0v) is 14.6. The number of thiazole rings is 1. The molecule has 1 atom stereocenters. The zero-order valence-electron chi connectivity index (χ0n) is 13.8. The van der Waals surface area contributed by atoms with Gasteiger partial charge in [-0.25, -0.2) is 4.98 Å². The lowest BCUT2D eigenvalue weighted by Gasteiger charge is -2.35. The minimum atomic E-state index is 0.0284. The number of carbonyl (C=O) groups excluding carboxylic acids is 2. The Morgan fingerprint density at radius 1 is 1.46 bits per heavy atom. The van der Waals surface area contributed by atoms with Crippen molar-refractivity contribution < 1.29 is 9.59 Å². The van der Waals surface area contributed by atoms with Crippen LogP contribution in [-0.2, 0) is 16.0 Å². The number of aromatic nitrogens is 2. The Morgan fingerprint density at radius 3 is 3.00 bits per heavy atom. The molecule has 126 valence electrons. The van der Waals surface area contributed by atoms with Crippen LogP contribution in [0.4, 0.5) is 0 Å². The highest BCUT2D eigenvalue weighted by Gasteiger charge is 2.28. The predicted octanol–water partition coefficient (Wildman–Crippen LogP) is 1.83. The van der Waals surface area contributed by atoms with Crippen molar-refractivity contribution in [3.8, 4) is 10.7 Å². The first-order valence-corrected chi connectivity index (χ1v) is 8.78. The third-order valence-corrected chi connectivity index (χ3v) is 5.22. The van der Waals surface area contributed by atoms with E-state index in [9.17, 15) is 9.59 Å². The second kappa shape index (κ2) is 7.09. The van der Waals surface area contributed by atoms with Crippen LogP contribution in [0, 0.1) is 0 Å². The molecule has 1 aliphatic rings. The number of pyridine rings is 1. The van der Waals surface area contributed by atoms with Gasteiger partial charge in [-0.2, -0.15) is 0 Å². The third-order valence-electron chi connectivity index (χ3n) is 4.31. The standard InChI is InChI=1S/C17H20N4O2S/c1-20-10-13(6-7-15(20)22)21(2)16(23)9-12-11-24-17(19-12)14-5-3-4-8-18-14/h3-5,8,11,13H,6-7,9-10H2,1-2H3/t13-/m1/s1. The zero-order chi connectivity index (χ0) is 17.1. The first kappa shape index (κ1) is 16.6. The number of nitrogens with zero attached hydrogens (tertiary/aromatic N) is 4. The van der Waals surface area contributed by atoms with Crippen molar-refractivity contribution in [3.05, 3.63) is 35.5 Å². The first-order chi connectivity index (χ1) is 11.5. The van der Waals surface area contributed by atoms with Gasteiger partial charge in [-0.1, -0.05) is 6.07 Å². The van der Waals surface area contributed by atoms with E-state index in [-0.39, 0.29) is 24.3 Å². The van der Waals surface area contributed by atoms with Crippen molar-refractivity contribution in [2.24, 2.45) is 0 Å². The molecule has 0 aliphatic carbocycles. The summed E-state index contributed by atoms with van der Waals surface area (Å²) in [4.78, 5) is 36.3. The van der Waals surface area contributed by atoms with Crippen molar-refractivity contribution in [2.75, 3.05) is 20.6 Å². The Morgan fingerprint density at radius 2 is 2.29 bits per heavy atom. The Kier molecular flexibility index (Phi) is 4.89. The van der Waals surface area contributed by atoms with Crippen LogP contribution in [0.15, 0.2) is 29.8 Å². The Hall–Kier alpha value is -2.28. The lowest BCUT2D eigenvalue weighted by Crippen LogP contribution is -2.49. The van der Waals surface area contributed by atoms with Crippen molar-refractivity contribution in [1.82, 2.24) is 19.8 Å². The number of rotatable bonds is 4. The quantitative estimate of drug-likeness (QED) is 0.849. The van der Waals surface area contributed by atoms with Crippen LogP contribution in [0.25, 0.3) is 10.7 Å². The Bertz CT molecular complexity index is 731. The fourth-order valence-corrected chi connectivity index (χ4v) is 3.58. The molecule has 2 amide bonds. The van der Waals surface area contributed by atoms with Crippen LogP contribution in [0.1, 0.15) is 18.5 Å². The van der Waals surface area contributed by atoms with Crippen molar-refractivity contribution >= 4 is 23.2 Å². The van der Waals surface area contributed by atoms with Crippen molar-refractivity contribution in [3.63, 3.8) is 0 Å². The van der Waals surface area contributed by atoms with E-state index in [1.54, 1.807) is 23.0 Å². The predicted molar refractivity (Wildman–Crippen MR) is 92.5 cm³/mol. The van der Waals surface area contributed by atoms with Gasteiger partial charge in [0.1, 0.15) is 5.01 Å². The smallest absolute Gasteiger partial charge is 0.228 e. The van der Waals surface area contributed by atoms with E-state index in [4.69, 9.17) is 0 Å². The van der Waals surface area contributed by atoms with Gasteiger partial charge in [-0.3, -0.25) is 14.6 Å². The molecular formula is C17H20N4O2S. The molecule has 2 aromatic rings. The summed E-state index contributed by atoms with van der Waals surface area (Å²) in [6.07, 6.45) is 3.23. The Balaban J connectivity index is 1.63. The van der Waals surface area contributed by atoms with Gasteiger partial charge in [0.15, 0.2) is 0 Å². The third kappa shape index (κ3) is 3.62. The molecule has 0 bridgehead atoms. The van der Waals surface area contributed by atoms with Gasteiger partial charge < -0.3 is 9.80 Å². The van der Waals surface area contributed by atoms with Gasteiger partial charge >= 0.3 is 0 Å². The summed E-state index contributed by atoms with van der Waals surface area (Å²) in [6, 6.07) is 5.77. The van der Waals surface area contributed by atoms with E-state index in [0.717, 1.165) is 22.8 Å². The number of carbonyl (C=O) groups is 2. The lowest BCUT2D eigenvalue weighted by molar-refractivity contribution is -0.139. The number of piperidine rings is 1. The fourth-order valence-electron chi connectivity index (χ4n) is 2.78. The highest BCUT2D eigenvalue weighted by atomic mass is 32.1. The molecule has 1 aliphatic heterocycles. The molecule has 1 fully saturated rings. The SMILES string of the molecule is CN1C[C@H](N(C)C(=O)Cc2csc(-c3ccccn3)n2)CCC1=O. The van der Waals surface area contributed by atoms with E-state index in [1.807, 2.05) is 30.6 Å². The minimum absolute atomic E-state index is 0.0284. The molecule has 2 aromatic heterocycles. The maximum Gasteiger partial charge on any atom is 0.228 e. The summed E-state index contributed by atoms with van der Waals surface area (Å²) < 4.78 is 0. The average Bonchev–Trinajstić information content (AvgIpc) is 3.06. The van der Waals surface area contributed by atoms with E-state index >= 15 is 0 Å². The number of hydrogen-bond acceptors (Lipinski definition) is 5. The van der Waals surface area contributed by atoms with Crippen LogP contribution in [0.2, 0.25) is 0 Å². The fraction of sp³-hybridized carbons (Fsp3) is 0.412. The second-order valence-corrected chi connectivity index (χ2v) is 6.87. The second-order valence-electron chi connectivity index (χ2n) is 6.01. The molecule has 0 unspecified atom stereocenters. The van der Waals surface area contributed by atoms with Crippen LogP contribution < -0.4 is 0 Å². The van der Waals surface area contributed by atoms with E-state index in [1.165, 1.54) is 11.3 Å². The summed E-state index contributed by atoms with van der Waals surface area (Å²) >= 11 is 1.50. The van der Waals surface area contributed by atoms with E-state index in [2.05, 4.69) is 9.97 Å². The highest BCUT2D eigenvalue weighted by molar-refractivity contribution is 7.13. The van der Waals surface area contributed by atoms with Crippen LogP contribution in [0.3, 0.4) is 0 Å². The number of likely N-dealkylation sites (tertiary alicyclic amines) is 1. The first-order valence-electron chi connectivity index (χ1n) is 7.90. The van der Waals surface area contributed by atoms with Gasteiger partial charge in [0.2, 0.25) is 11.8 Å². The average molecular weight is 344 g/mol. The number of likely N-dealkylation sites (N-methyl/N-ethyl adjacent to an activating group) is 2. The number of amides is 2. The maximum atomic E-state index is 12.5.